The molecule has 28 heavy (non-hydrogen) atoms. The minimum atomic E-state index is -0.339. The molecule has 2 heterocycles. The minimum absolute atomic E-state index is 0.148. The number of rotatable bonds is 4. The van der Waals surface area contributed by atoms with E-state index in [0.29, 0.717) is 11.5 Å². The van der Waals surface area contributed by atoms with E-state index < -0.39 is 0 Å². The highest BCUT2D eigenvalue weighted by atomic mass is 16.1. The van der Waals surface area contributed by atoms with Gasteiger partial charge in [-0.05, 0) is 43.0 Å². The van der Waals surface area contributed by atoms with Gasteiger partial charge < -0.3 is 10.6 Å². The molecule has 0 saturated carbocycles. The van der Waals surface area contributed by atoms with Gasteiger partial charge in [-0.25, -0.2) is 4.68 Å². The van der Waals surface area contributed by atoms with Crippen molar-refractivity contribution in [1.82, 2.24) is 14.8 Å². The molecule has 0 bridgehead atoms. The van der Waals surface area contributed by atoms with Crippen molar-refractivity contribution >= 4 is 17.5 Å². The average Bonchev–Trinajstić information content (AvgIpc) is 3.16. The zero-order valence-electron chi connectivity index (χ0n) is 16.2. The molecular weight excluding hydrogens is 350 g/mol. The summed E-state index contributed by atoms with van der Waals surface area (Å²) in [5.74, 6) is 0.486. The van der Waals surface area contributed by atoms with Crippen molar-refractivity contribution in [3.8, 4) is 0 Å². The molecule has 1 amide bonds. The van der Waals surface area contributed by atoms with Gasteiger partial charge >= 0.3 is 0 Å². The molecule has 0 spiro atoms. The van der Waals surface area contributed by atoms with Crippen molar-refractivity contribution in [3.63, 3.8) is 0 Å². The van der Waals surface area contributed by atoms with Gasteiger partial charge in [0.05, 0.1) is 5.57 Å². The second kappa shape index (κ2) is 7.31. The zero-order chi connectivity index (χ0) is 19.7. The van der Waals surface area contributed by atoms with E-state index in [-0.39, 0.29) is 11.9 Å². The lowest BCUT2D eigenvalue weighted by molar-refractivity contribution is -0.113. The van der Waals surface area contributed by atoms with Crippen molar-refractivity contribution in [2.75, 3.05) is 10.6 Å². The summed E-state index contributed by atoms with van der Waals surface area (Å²) in [7, 11) is 0. The molecule has 0 aliphatic carbocycles. The molecular formula is C22H23N5O. The summed E-state index contributed by atoms with van der Waals surface area (Å²) in [6, 6.07) is 15.7. The average molecular weight is 373 g/mol. The number of carbonyl (C=O) groups excluding carboxylic acids is 1. The molecule has 0 unspecified atom stereocenters. The molecule has 0 saturated heterocycles. The molecule has 2 aromatic carbocycles. The number of aryl methyl sites for hydroxylation is 2. The van der Waals surface area contributed by atoms with Crippen molar-refractivity contribution < 1.29 is 4.79 Å². The maximum absolute atomic E-state index is 13.3. The van der Waals surface area contributed by atoms with Gasteiger partial charge in [0.1, 0.15) is 12.4 Å². The summed E-state index contributed by atoms with van der Waals surface area (Å²) in [6.07, 6.45) is 2.47. The third kappa shape index (κ3) is 3.17. The first-order valence-electron chi connectivity index (χ1n) is 9.41. The standard InChI is InChI=1S/C22H23N5O/c1-4-16-9-11-17(12-10-16)20-19(15(3)25-22-23-13-24-27(20)22)21(28)26-18-8-6-5-7-14(18)2/h5-13,20H,4H2,1-3H3,(H,26,28)(H,23,24,25)/t20-/m0/s1. The first kappa shape index (κ1) is 18.0. The highest BCUT2D eigenvalue weighted by molar-refractivity contribution is 6.06. The molecule has 6 heteroatoms. The fourth-order valence-electron chi connectivity index (χ4n) is 3.53. The van der Waals surface area contributed by atoms with Crippen LogP contribution in [0.2, 0.25) is 0 Å². The zero-order valence-corrected chi connectivity index (χ0v) is 16.2. The Hall–Kier alpha value is -3.41. The molecule has 2 N–H and O–H groups in total. The van der Waals surface area contributed by atoms with E-state index in [0.717, 1.165) is 28.9 Å². The van der Waals surface area contributed by atoms with Crippen LogP contribution in [0, 0.1) is 6.92 Å². The van der Waals surface area contributed by atoms with Gasteiger partial charge in [0, 0.05) is 11.4 Å². The predicted molar refractivity (Wildman–Crippen MR) is 110 cm³/mol. The Morgan fingerprint density at radius 1 is 1.14 bits per heavy atom. The van der Waals surface area contributed by atoms with Crippen LogP contribution in [-0.2, 0) is 11.2 Å². The molecule has 1 aromatic heterocycles. The lowest BCUT2D eigenvalue weighted by atomic mass is 9.94. The number of allylic oxidation sites excluding steroid dienone is 1. The van der Waals surface area contributed by atoms with Crippen LogP contribution in [0.25, 0.3) is 0 Å². The summed E-state index contributed by atoms with van der Waals surface area (Å²) in [5.41, 5.74) is 5.48. The van der Waals surface area contributed by atoms with Crippen molar-refractivity contribution in [1.29, 1.82) is 0 Å². The second-order valence-corrected chi connectivity index (χ2v) is 6.96. The van der Waals surface area contributed by atoms with Crippen molar-refractivity contribution in [3.05, 3.63) is 82.8 Å². The Morgan fingerprint density at radius 2 is 1.89 bits per heavy atom. The van der Waals surface area contributed by atoms with Gasteiger partial charge in [0.2, 0.25) is 5.95 Å². The summed E-state index contributed by atoms with van der Waals surface area (Å²) in [6.45, 7) is 6.00. The van der Waals surface area contributed by atoms with Crippen LogP contribution < -0.4 is 10.6 Å². The number of anilines is 2. The quantitative estimate of drug-likeness (QED) is 0.723. The van der Waals surface area contributed by atoms with Gasteiger partial charge in [-0.1, -0.05) is 49.4 Å². The largest absolute Gasteiger partial charge is 0.328 e. The van der Waals surface area contributed by atoms with E-state index in [1.54, 1.807) is 4.68 Å². The monoisotopic (exact) mass is 373 g/mol. The predicted octanol–water partition coefficient (Wildman–Crippen LogP) is 4.08. The summed E-state index contributed by atoms with van der Waals surface area (Å²) in [4.78, 5) is 17.6. The number of para-hydroxylation sites is 1. The lowest BCUT2D eigenvalue weighted by Gasteiger charge is -2.29. The number of hydrogen-bond donors (Lipinski definition) is 2. The molecule has 4 rings (SSSR count). The number of aromatic nitrogens is 3. The maximum atomic E-state index is 13.3. The third-order valence-corrected chi connectivity index (χ3v) is 5.14. The van der Waals surface area contributed by atoms with Crippen molar-refractivity contribution in [2.24, 2.45) is 0 Å². The smallest absolute Gasteiger partial charge is 0.255 e. The van der Waals surface area contributed by atoms with Crippen LogP contribution >= 0.6 is 0 Å². The SMILES string of the molecule is CCc1ccc([C@H]2C(C(=O)Nc3ccccc3C)=C(C)Nc3ncnn32)cc1. The van der Waals surface area contributed by atoms with Crippen LogP contribution in [0.5, 0.6) is 0 Å². The molecule has 0 radical (unpaired) electrons. The molecule has 142 valence electrons. The van der Waals surface area contributed by atoms with Crippen LogP contribution in [-0.4, -0.2) is 20.7 Å². The maximum Gasteiger partial charge on any atom is 0.255 e. The summed E-state index contributed by atoms with van der Waals surface area (Å²) >= 11 is 0. The van der Waals surface area contributed by atoms with E-state index in [1.807, 2.05) is 38.1 Å². The van der Waals surface area contributed by atoms with E-state index in [9.17, 15) is 4.79 Å². The van der Waals surface area contributed by atoms with Gasteiger partial charge in [0.15, 0.2) is 0 Å². The second-order valence-electron chi connectivity index (χ2n) is 6.96. The Kier molecular flexibility index (Phi) is 4.69. The Bertz CT molecular complexity index is 1050. The number of amides is 1. The molecule has 1 atom stereocenters. The van der Waals surface area contributed by atoms with Crippen LogP contribution in [0.15, 0.2) is 66.1 Å². The van der Waals surface area contributed by atoms with E-state index in [2.05, 4.69) is 51.9 Å². The third-order valence-electron chi connectivity index (χ3n) is 5.14. The number of nitrogens with one attached hydrogen (secondary N) is 2. The van der Waals surface area contributed by atoms with E-state index >= 15 is 0 Å². The fraction of sp³-hybridized carbons (Fsp3) is 0.227. The van der Waals surface area contributed by atoms with E-state index in [4.69, 9.17) is 0 Å². The minimum Gasteiger partial charge on any atom is -0.328 e. The van der Waals surface area contributed by atoms with Crippen LogP contribution in [0.4, 0.5) is 11.6 Å². The van der Waals surface area contributed by atoms with Gasteiger partial charge in [-0.2, -0.15) is 10.1 Å². The lowest BCUT2D eigenvalue weighted by Crippen LogP contribution is -2.31. The van der Waals surface area contributed by atoms with Gasteiger partial charge in [-0.3, -0.25) is 4.79 Å². The normalized spacial score (nSPS) is 15.8. The molecule has 6 nitrogen and oxygen atoms in total. The number of fused-ring (bicyclic) bond motifs is 1. The molecule has 1 aliphatic rings. The number of nitrogens with zero attached hydrogens (tertiary/aromatic N) is 3. The first-order chi connectivity index (χ1) is 13.6. The first-order valence-corrected chi connectivity index (χ1v) is 9.41. The Balaban J connectivity index is 1.76. The number of benzene rings is 2. The molecule has 1 aliphatic heterocycles. The Labute approximate surface area is 164 Å². The van der Waals surface area contributed by atoms with Gasteiger partial charge in [0.25, 0.3) is 5.91 Å². The summed E-state index contributed by atoms with van der Waals surface area (Å²) < 4.78 is 1.76. The highest BCUT2D eigenvalue weighted by Gasteiger charge is 2.33. The van der Waals surface area contributed by atoms with Gasteiger partial charge in [-0.15, -0.1) is 0 Å². The van der Waals surface area contributed by atoms with Crippen LogP contribution in [0.3, 0.4) is 0 Å². The topological polar surface area (TPSA) is 71.8 Å². The molecule has 0 fully saturated rings. The molecule has 3 aromatic rings. The van der Waals surface area contributed by atoms with Crippen LogP contribution in [0.1, 0.15) is 36.6 Å². The number of carbonyl (C=O) groups is 1. The Morgan fingerprint density at radius 3 is 2.61 bits per heavy atom. The van der Waals surface area contributed by atoms with E-state index in [1.165, 1.54) is 11.9 Å². The fourth-order valence-corrected chi connectivity index (χ4v) is 3.53. The van der Waals surface area contributed by atoms with Crippen molar-refractivity contribution in [2.45, 2.75) is 33.2 Å². The summed E-state index contributed by atoms with van der Waals surface area (Å²) in [5, 5.41) is 10.6. The number of hydrogen-bond acceptors (Lipinski definition) is 4. The highest BCUT2D eigenvalue weighted by Crippen LogP contribution is 2.35.